The Balaban J connectivity index is 1.93. The summed E-state index contributed by atoms with van der Waals surface area (Å²) in [5, 5.41) is 27.1. The van der Waals surface area contributed by atoms with Crippen molar-refractivity contribution in [3.05, 3.63) is 11.1 Å². The molecule has 0 saturated carbocycles. The van der Waals surface area contributed by atoms with Gasteiger partial charge in [-0.1, -0.05) is 5.16 Å². The van der Waals surface area contributed by atoms with Crippen molar-refractivity contribution in [1.82, 2.24) is 10.3 Å². The van der Waals surface area contributed by atoms with Gasteiger partial charge in [0.05, 0.1) is 12.5 Å². The molecule has 10 nitrogen and oxygen atoms in total. The third-order valence-electron chi connectivity index (χ3n) is 3.79. The van der Waals surface area contributed by atoms with Gasteiger partial charge in [-0.3, -0.25) is 9.59 Å². The molecule has 1 aromatic rings. The molecular formula is C14H19BN4O6S. The molecule has 1 amide bonds. The number of hydrogen-bond acceptors (Lipinski definition) is 9. The van der Waals surface area contributed by atoms with Crippen molar-refractivity contribution in [2.45, 2.75) is 31.2 Å². The lowest BCUT2D eigenvalue weighted by Gasteiger charge is -2.30. The van der Waals surface area contributed by atoms with Gasteiger partial charge in [0.25, 0.3) is 5.91 Å². The number of carbonyl (C=O) groups excluding carboxylic acids is 1. The number of aliphatic carboxylic acids is 1. The van der Waals surface area contributed by atoms with E-state index in [1.165, 1.54) is 18.4 Å². The van der Waals surface area contributed by atoms with Gasteiger partial charge in [0, 0.05) is 17.7 Å². The van der Waals surface area contributed by atoms with Gasteiger partial charge in [-0.15, -0.1) is 11.3 Å². The fraction of sp³-hybridized carbons (Fsp3) is 0.500. The summed E-state index contributed by atoms with van der Waals surface area (Å²) in [4.78, 5) is 35.6. The van der Waals surface area contributed by atoms with Gasteiger partial charge in [-0.05, 0) is 19.6 Å². The highest BCUT2D eigenvalue weighted by Crippen LogP contribution is 2.27. The van der Waals surface area contributed by atoms with Crippen LogP contribution in [0.15, 0.2) is 15.5 Å². The first kappa shape index (κ1) is 20.0. The summed E-state index contributed by atoms with van der Waals surface area (Å²) in [5.74, 6) is -1.85. The van der Waals surface area contributed by atoms with Crippen molar-refractivity contribution in [1.29, 1.82) is 0 Å². The normalized spacial score (nSPS) is 20.5. The van der Waals surface area contributed by atoms with E-state index in [0.29, 0.717) is 23.7 Å². The van der Waals surface area contributed by atoms with E-state index in [9.17, 15) is 14.6 Å². The molecule has 0 spiro atoms. The molecule has 0 unspecified atom stereocenters. The molecule has 1 aliphatic rings. The number of hydrogen-bond donors (Lipinski definition) is 3. The first-order valence-corrected chi connectivity index (χ1v) is 8.69. The molecule has 26 heavy (non-hydrogen) atoms. The Morgan fingerprint density at radius 1 is 1.58 bits per heavy atom. The number of rotatable bonds is 8. The number of carbonyl (C=O) groups is 2. The minimum atomic E-state index is -1.15. The lowest BCUT2D eigenvalue weighted by atomic mass is 9.66. The Bertz CT molecular complexity index is 697. The van der Waals surface area contributed by atoms with E-state index < -0.39 is 25.1 Å². The van der Waals surface area contributed by atoms with Crippen LogP contribution in [0.4, 0.5) is 5.13 Å². The number of oxime groups is 1. The predicted octanol–water partition coefficient (Wildman–Crippen LogP) is 0.446. The highest BCUT2D eigenvalue weighted by atomic mass is 32.1. The van der Waals surface area contributed by atoms with E-state index in [-0.39, 0.29) is 24.5 Å². The van der Waals surface area contributed by atoms with Gasteiger partial charge in [-0.2, -0.15) is 0 Å². The van der Waals surface area contributed by atoms with Gasteiger partial charge >= 0.3 is 13.1 Å². The van der Waals surface area contributed by atoms with Crippen molar-refractivity contribution in [2.75, 3.05) is 13.7 Å². The lowest BCUT2D eigenvalue weighted by Crippen LogP contribution is -2.43. The van der Waals surface area contributed by atoms with Crippen LogP contribution in [0.3, 0.4) is 0 Å². The van der Waals surface area contributed by atoms with Crippen molar-refractivity contribution >= 4 is 47.9 Å². The van der Waals surface area contributed by atoms with Crippen LogP contribution in [0, 0.1) is 0 Å². The number of carboxylic acids is 1. The fourth-order valence-electron chi connectivity index (χ4n) is 2.52. The number of carboxylic acid groups (broad SMARTS) is 1. The summed E-state index contributed by atoms with van der Waals surface area (Å²) < 4.78 is 5.29. The van der Waals surface area contributed by atoms with Crippen LogP contribution in [0.2, 0.25) is 5.82 Å². The Morgan fingerprint density at radius 3 is 2.92 bits per heavy atom. The fourth-order valence-corrected chi connectivity index (χ4v) is 3.12. The highest BCUT2D eigenvalue weighted by Gasteiger charge is 2.36. The minimum Gasteiger partial charge on any atom is -0.481 e. The number of nitrogens with zero attached hydrogens (tertiary/aromatic N) is 3. The highest BCUT2D eigenvalue weighted by molar-refractivity contribution is 7.13. The van der Waals surface area contributed by atoms with Crippen molar-refractivity contribution in [3.63, 3.8) is 0 Å². The summed E-state index contributed by atoms with van der Waals surface area (Å²) >= 11 is 1.21. The number of amides is 1. The molecule has 1 aromatic heterocycles. The molecule has 140 valence electrons. The van der Waals surface area contributed by atoms with E-state index >= 15 is 0 Å². The monoisotopic (exact) mass is 382 g/mol. The van der Waals surface area contributed by atoms with E-state index in [0.717, 1.165) is 0 Å². The summed E-state index contributed by atoms with van der Waals surface area (Å²) in [7, 11) is 0.167. The van der Waals surface area contributed by atoms with Gasteiger partial charge < -0.3 is 24.9 Å². The molecule has 1 aliphatic heterocycles. The van der Waals surface area contributed by atoms with E-state index in [1.807, 2.05) is 0 Å². The van der Waals surface area contributed by atoms with E-state index in [4.69, 9.17) is 14.6 Å². The molecule has 12 heteroatoms. The largest absolute Gasteiger partial charge is 0.481 e. The van der Waals surface area contributed by atoms with E-state index in [2.05, 4.69) is 27.2 Å². The lowest BCUT2D eigenvalue weighted by molar-refractivity contribution is -0.139. The molecule has 0 radical (unpaired) electrons. The Morgan fingerprint density at radius 2 is 2.35 bits per heavy atom. The maximum Gasteiger partial charge on any atom is 0.459 e. The minimum absolute atomic E-state index is 0.0198. The quantitative estimate of drug-likeness (QED) is 0.336. The number of aliphatic imine (C=N–C) groups is 1. The number of thiazole rings is 1. The molecule has 2 heterocycles. The first-order chi connectivity index (χ1) is 12.4. The van der Waals surface area contributed by atoms with Crippen molar-refractivity contribution in [3.8, 4) is 0 Å². The Kier molecular flexibility index (Phi) is 7.24. The zero-order chi connectivity index (χ0) is 19.1. The Labute approximate surface area is 154 Å². The average Bonchev–Trinajstić information content (AvgIpc) is 3.07. The molecule has 2 rings (SSSR count). The van der Waals surface area contributed by atoms with Crippen LogP contribution in [0.1, 0.15) is 25.0 Å². The van der Waals surface area contributed by atoms with Crippen molar-refractivity contribution in [2.24, 2.45) is 10.1 Å². The van der Waals surface area contributed by atoms with Gasteiger partial charge in [-0.25, -0.2) is 9.98 Å². The van der Waals surface area contributed by atoms with Crippen LogP contribution >= 0.6 is 11.3 Å². The van der Waals surface area contributed by atoms with Crippen LogP contribution in [0.25, 0.3) is 0 Å². The standard InChI is InChI=1S/C14H19BN4O6S/c1-16-14-18-10(7-26-14)12(19-24-2)13(22)17-6-8-3-4-9(5-11(20)21)25-15(8)23/h7-9,23H,1,3-6H2,2H3,(H,17,22)(H,20,21)/b19-12-/t8-,9+/m1/s1. The average molecular weight is 382 g/mol. The zero-order valence-corrected chi connectivity index (χ0v) is 14.9. The van der Waals surface area contributed by atoms with Gasteiger partial charge in [0.15, 0.2) is 5.71 Å². The Hall–Kier alpha value is -2.31. The molecule has 2 atom stereocenters. The zero-order valence-electron chi connectivity index (χ0n) is 14.1. The molecule has 1 fully saturated rings. The van der Waals surface area contributed by atoms with E-state index in [1.54, 1.807) is 5.38 Å². The third kappa shape index (κ3) is 5.34. The third-order valence-corrected chi connectivity index (χ3v) is 4.56. The molecule has 0 aromatic carbocycles. The number of nitrogens with one attached hydrogen (secondary N) is 1. The van der Waals surface area contributed by atoms with Crippen LogP contribution < -0.4 is 5.32 Å². The maximum absolute atomic E-state index is 12.4. The maximum atomic E-state index is 12.4. The predicted molar refractivity (Wildman–Crippen MR) is 96.0 cm³/mol. The van der Waals surface area contributed by atoms with Gasteiger partial charge in [0.1, 0.15) is 12.8 Å². The summed E-state index contributed by atoms with van der Waals surface area (Å²) in [6.45, 7) is 3.51. The van der Waals surface area contributed by atoms with Gasteiger partial charge in [0.2, 0.25) is 5.13 Å². The second-order valence-electron chi connectivity index (χ2n) is 5.59. The first-order valence-electron chi connectivity index (χ1n) is 7.81. The smallest absolute Gasteiger partial charge is 0.459 e. The van der Waals surface area contributed by atoms with Crippen molar-refractivity contribution < 1.29 is 29.2 Å². The van der Waals surface area contributed by atoms with Crippen LogP contribution in [-0.2, 0) is 19.1 Å². The number of aromatic nitrogens is 1. The molecule has 0 aliphatic carbocycles. The molecule has 1 saturated heterocycles. The van der Waals surface area contributed by atoms with Crippen LogP contribution in [0.5, 0.6) is 0 Å². The second-order valence-corrected chi connectivity index (χ2v) is 6.43. The molecule has 3 N–H and O–H groups in total. The topological polar surface area (TPSA) is 143 Å². The summed E-state index contributed by atoms with van der Waals surface area (Å²) in [5.41, 5.74) is 0.285. The van der Waals surface area contributed by atoms with Crippen LogP contribution in [-0.4, -0.2) is 66.3 Å². The molecular weight excluding hydrogens is 363 g/mol. The second kappa shape index (κ2) is 9.41. The summed E-state index contributed by atoms with van der Waals surface area (Å²) in [6.07, 6.45) is 0.324. The molecule has 0 bridgehead atoms. The SMILES string of the molecule is C=Nc1nc(/C(=N/OC)C(=O)NC[C@H]2CC[C@@H](CC(=O)O)OB2O)cs1. The summed E-state index contributed by atoms with van der Waals surface area (Å²) in [6, 6.07) is 0.